The summed E-state index contributed by atoms with van der Waals surface area (Å²) in [5, 5.41) is 4.01. The minimum atomic E-state index is -0.0706. The molecule has 5 heteroatoms. The lowest BCUT2D eigenvalue weighted by Crippen LogP contribution is -2.57. The summed E-state index contributed by atoms with van der Waals surface area (Å²) in [7, 11) is 4.16. The Morgan fingerprint density at radius 3 is 2.76 bits per heavy atom. The number of likely N-dealkylation sites (N-methyl/N-ethyl adjacent to an activating group) is 1. The van der Waals surface area contributed by atoms with Crippen LogP contribution in [0.4, 0.5) is 5.69 Å². The lowest BCUT2D eigenvalue weighted by Gasteiger charge is -2.47. The van der Waals surface area contributed by atoms with Crippen LogP contribution in [0.2, 0.25) is 0 Å². The number of nitrogens with one attached hydrogen (secondary N) is 2. The minimum Gasteiger partial charge on any atom is -0.397 e. The Labute approximate surface area is 124 Å². The number of para-hydroxylation sites is 1. The molecule has 1 fully saturated rings. The van der Waals surface area contributed by atoms with Crippen molar-refractivity contribution >= 4 is 22.5 Å². The van der Waals surface area contributed by atoms with E-state index in [2.05, 4.69) is 29.3 Å². The highest BCUT2D eigenvalue weighted by atomic mass is 16.1. The molecule has 0 atom stereocenters. The van der Waals surface area contributed by atoms with Gasteiger partial charge in [-0.15, -0.1) is 0 Å². The maximum Gasteiger partial charge on any atom is 0.267 e. The van der Waals surface area contributed by atoms with Crippen LogP contribution in [-0.2, 0) is 0 Å². The number of hydrogen-bond donors (Lipinski definition) is 3. The van der Waals surface area contributed by atoms with E-state index >= 15 is 0 Å². The van der Waals surface area contributed by atoms with Crippen molar-refractivity contribution in [2.24, 2.45) is 0 Å². The zero-order valence-corrected chi connectivity index (χ0v) is 12.6. The zero-order valence-electron chi connectivity index (χ0n) is 12.6. The Morgan fingerprint density at radius 1 is 1.43 bits per heavy atom. The highest BCUT2D eigenvalue weighted by Crippen LogP contribution is 2.35. The van der Waals surface area contributed by atoms with Crippen molar-refractivity contribution in [2.45, 2.75) is 24.8 Å². The number of hydrogen-bond acceptors (Lipinski definition) is 3. The fraction of sp³-hybridized carbons (Fsp3) is 0.438. The molecule has 1 amide bonds. The molecule has 1 aromatic carbocycles. The van der Waals surface area contributed by atoms with Crippen LogP contribution < -0.4 is 11.1 Å². The molecule has 0 spiro atoms. The molecular weight excluding hydrogens is 264 g/mol. The van der Waals surface area contributed by atoms with Gasteiger partial charge in [0, 0.05) is 17.5 Å². The van der Waals surface area contributed by atoms with Crippen molar-refractivity contribution in [3.8, 4) is 0 Å². The van der Waals surface area contributed by atoms with Gasteiger partial charge in [-0.2, -0.15) is 0 Å². The summed E-state index contributed by atoms with van der Waals surface area (Å²) in [5.41, 5.74) is 8.09. The molecule has 0 saturated heterocycles. The zero-order chi connectivity index (χ0) is 15.0. The largest absolute Gasteiger partial charge is 0.397 e. The molecule has 1 saturated carbocycles. The lowest BCUT2D eigenvalue weighted by molar-refractivity contribution is 0.0556. The van der Waals surface area contributed by atoms with Crippen molar-refractivity contribution in [1.29, 1.82) is 0 Å². The number of nitrogens with zero attached hydrogens (tertiary/aromatic N) is 1. The Hall–Kier alpha value is -2.01. The molecule has 1 aliphatic carbocycles. The predicted molar refractivity (Wildman–Crippen MR) is 85.3 cm³/mol. The molecule has 112 valence electrons. The van der Waals surface area contributed by atoms with E-state index in [1.807, 2.05) is 24.3 Å². The average molecular weight is 286 g/mol. The van der Waals surface area contributed by atoms with Crippen LogP contribution in [0.25, 0.3) is 10.9 Å². The monoisotopic (exact) mass is 286 g/mol. The van der Waals surface area contributed by atoms with Gasteiger partial charge in [-0.25, -0.2) is 0 Å². The highest BCUT2D eigenvalue weighted by molar-refractivity contribution is 6.00. The van der Waals surface area contributed by atoms with Crippen LogP contribution >= 0.6 is 0 Å². The third kappa shape index (κ3) is 2.38. The first-order valence-corrected chi connectivity index (χ1v) is 7.35. The van der Waals surface area contributed by atoms with Gasteiger partial charge in [0.25, 0.3) is 5.91 Å². The number of aromatic amines is 1. The number of H-pyrrole nitrogens is 1. The topological polar surface area (TPSA) is 74.2 Å². The maximum absolute atomic E-state index is 12.3. The number of fused-ring (bicyclic) bond motifs is 1. The molecule has 5 nitrogen and oxygen atoms in total. The Balaban J connectivity index is 1.74. The van der Waals surface area contributed by atoms with Gasteiger partial charge < -0.3 is 20.9 Å². The summed E-state index contributed by atoms with van der Waals surface area (Å²) in [6.45, 7) is 0.684. The highest BCUT2D eigenvalue weighted by Gasteiger charge is 2.39. The first-order valence-electron chi connectivity index (χ1n) is 7.35. The van der Waals surface area contributed by atoms with Crippen molar-refractivity contribution in [3.05, 3.63) is 30.0 Å². The molecule has 3 rings (SSSR count). The molecule has 21 heavy (non-hydrogen) atoms. The van der Waals surface area contributed by atoms with Crippen molar-refractivity contribution in [2.75, 3.05) is 26.4 Å². The quantitative estimate of drug-likeness (QED) is 0.752. The van der Waals surface area contributed by atoms with Crippen LogP contribution in [0.5, 0.6) is 0 Å². The molecule has 1 heterocycles. The summed E-state index contributed by atoms with van der Waals surface area (Å²) < 4.78 is 0. The van der Waals surface area contributed by atoms with E-state index in [1.54, 1.807) is 0 Å². The van der Waals surface area contributed by atoms with E-state index in [0.717, 1.165) is 23.7 Å². The Bertz CT molecular complexity index is 670. The number of nitrogen functional groups attached to an aromatic ring is 1. The first kappa shape index (κ1) is 13.9. The summed E-state index contributed by atoms with van der Waals surface area (Å²) >= 11 is 0. The average Bonchev–Trinajstić information content (AvgIpc) is 2.82. The van der Waals surface area contributed by atoms with Crippen LogP contribution in [0.1, 0.15) is 29.8 Å². The van der Waals surface area contributed by atoms with Crippen molar-refractivity contribution in [1.82, 2.24) is 15.2 Å². The van der Waals surface area contributed by atoms with Gasteiger partial charge in [0.05, 0.1) is 11.2 Å². The van der Waals surface area contributed by atoms with E-state index in [4.69, 9.17) is 5.73 Å². The molecule has 0 radical (unpaired) electrons. The van der Waals surface area contributed by atoms with E-state index < -0.39 is 0 Å². The molecular formula is C16H22N4O. The third-order valence-corrected chi connectivity index (χ3v) is 4.74. The fourth-order valence-electron chi connectivity index (χ4n) is 3.01. The van der Waals surface area contributed by atoms with E-state index in [1.165, 1.54) is 6.42 Å². The first-order chi connectivity index (χ1) is 10.0. The number of benzene rings is 1. The molecule has 0 unspecified atom stereocenters. The number of aromatic nitrogens is 1. The van der Waals surface area contributed by atoms with Gasteiger partial charge in [-0.1, -0.05) is 12.1 Å². The van der Waals surface area contributed by atoms with Crippen LogP contribution in [-0.4, -0.2) is 42.0 Å². The summed E-state index contributed by atoms with van der Waals surface area (Å²) in [4.78, 5) is 17.7. The lowest BCUT2D eigenvalue weighted by atomic mass is 9.75. The third-order valence-electron chi connectivity index (χ3n) is 4.74. The van der Waals surface area contributed by atoms with Gasteiger partial charge in [-0.05, 0) is 45.5 Å². The molecule has 1 aliphatic rings. The van der Waals surface area contributed by atoms with Crippen molar-refractivity contribution in [3.63, 3.8) is 0 Å². The number of amides is 1. The van der Waals surface area contributed by atoms with E-state index in [0.29, 0.717) is 17.9 Å². The van der Waals surface area contributed by atoms with Gasteiger partial charge >= 0.3 is 0 Å². The number of anilines is 1. The molecule has 1 aromatic heterocycles. The normalized spacial score (nSPS) is 16.9. The number of carbonyl (C=O) groups excluding carboxylic acids is 1. The van der Waals surface area contributed by atoms with E-state index in [-0.39, 0.29) is 11.4 Å². The smallest absolute Gasteiger partial charge is 0.267 e. The van der Waals surface area contributed by atoms with Gasteiger partial charge in [-0.3, -0.25) is 4.79 Å². The minimum absolute atomic E-state index is 0.0706. The van der Waals surface area contributed by atoms with Gasteiger partial charge in [0.1, 0.15) is 5.69 Å². The second kappa shape index (κ2) is 5.07. The number of carbonyl (C=O) groups is 1. The van der Waals surface area contributed by atoms with Crippen LogP contribution in [0.3, 0.4) is 0 Å². The summed E-state index contributed by atoms with van der Waals surface area (Å²) in [5.74, 6) is -0.0706. The number of rotatable bonds is 4. The fourth-order valence-corrected chi connectivity index (χ4v) is 3.01. The van der Waals surface area contributed by atoms with Gasteiger partial charge in [0.2, 0.25) is 0 Å². The SMILES string of the molecule is CN(C)C1(CNC(=O)c2cc3cccc(N)c3[nH]2)CCC1. The molecule has 0 bridgehead atoms. The summed E-state index contributed by atoms with van der Waals surface area (Å²) in [6, 6.07) is 7.52. The predicted octanol–water partition coefficient (Wildman–Crippen LogP) is 1.96. The second-order valence-corrected chi connectivity index (χ2v) is 6.15. The molecule has 2 aromatic rings. The standard InChI is InChI=1S/C16H22N4O/c1-20(2)16(7-4-8-16)10-18-15(21)13-9-11-5-3-6-12(17)14(11)19-13/h3,5-6,9,19H,4,7-8,10,17H2,1-2H3,(H,18,21). The van der Waals surface area contributed by atoms with Gasteiger partial charge in [0.15, 0.2) is 0 Å². The molecule has 4 N–H and O–H groups in total. The van der Waals surface area contributed by atoms with Crippen LogP contribution in [0.15, 0.2) is 24.3 Å². The second-order valence-electron chi connectivity index (χ2n) is 6.15. The van der Waals surface area contributed by atoms with Crippen LogP contribution in [0, 0.1) is 0 Å². The maximum atomic E-state index is 12.3. The number of nitrogens with two attached hydrogens (primary N) is 1. The van der Waals surface area contributed by atoms with E-state index in [9.17, 15) is 4.79 Å². The Kier molecular flexibility index (Phi) is 3.37. The summed E-state index contributed by atoms with van der Waals surface area (Å²) in [6.07, 6.45) is 3.51. The van der Waals surface area contributed by atoms with Crippen molar-refractivity contribution < 1.29 is 4.79 Å². The molecule has 0 aliphatic heterocycles. The Morgan fingerprint density at radius 2 is 2.19 bits per heavy atom.